The molecule has 248 valence electrons. The minimum atomic E-state index is -0.173. The largest absolute Gasteiger partial charge is 0.508 e. The zero-order valence-electron chi connectivity index (χ0n) is 26.7. The van der Waals surface area contributed by atoms with E-state index >= 15 is 0 Å². The van der Waals surface area contributed by atoms with Crippen molar-refractivity contribution < 1.29 is 19.4 Å². The number of aromatic hydroxyl groups is 1. The van der Waals surface area contributed by atoms with Gasteiger partial charge in [-0.3, -0.25) is 4.79 Å². The quantitative estimate of drug-likeness (QED) is 0.149. The highest BCUT2D eigenvalue weighted by molar-refractivity contribution is 6.31. The highest BCUT2D eigenvalue weighted by Crippen LogP contribution is 2.32. The van der Waals surface area contributed by atoms with Crippen LogP contribution in [0.2, 0.25) is 5.02 Å². The first-order valence-corrected chi connectivity index (χ1v) is 16.8. The fourth-order valence-corrected chi connectivity index (χ4v) is 6.09. The maximum absolute atomic E-state index is 13.2. The number of amides is 3. The molecule has 0 radical (unpaired) electrons. The van der Waals surface area contributed by atoms with E-state index in [2.05, 4.69) is 25.8 Å². The minimum absolute atomic E-state index is 0.0863. The molecule has 9 nitrogen and oxygen atoms in total. The Labute approximate surface area is 282 Å². The normalized spacial score (nSPS) is 15.1. The number of piperidine rings is 1. The van der Waals surface area contributed by atoms with Gasteiger partial charge in [0.25, 0.3) is 5.91 Å². The van der Waals surface area contributed by atoms with Crippen LogP contribution in [0.4, 0.5) is 4.79 Å². The third kappa shape index (κ3) is 10.5. The molecule has 1 saturated heterocycles. The smallest absolute Gasteiger partial charge is 0.315 e. The van der Waals surface area contributed by atoms with Crippen LogP contribution in [-0.4, -0.2) is 66.1 Å². The van der Waals surface area contributed by atoms with Gasteiger partial charge in [-0.05, 0) is 86.5 Å². The molecule has 4 N–H and O–H groups in total. The number of urea groups is 1. The number of nitrogens with zero attached hydrogens (tertiary/aromatic N) is 2. The Kier molecular flexibility index (Phi) is 12.6. The van der Waals surface area contributed by atoms with Gasteiger partial charge in [-0.2, -0.15) is 0 Å². The summed E-state index contributed by atoms with van der Waals surface area (Å²) in [7, 11) is 0. The molecule has 5 rings (SSSR count). The number of hydrogen-bond donors (Lipinski definition) is 4. The number of ether oxygens (including phenoxy) is 1. The lowest BCUT2D eigenvalue weighted by Gasteiger charge is -2.34. The van der Waals surface area contributed by atoms with E-state index < -0.39 is 0 Å². The van der Waals surface area contributed by atoms with Gasteiger partial charge in [-0.1, -0.05) is 60.1 Å². The molecule has 2 heterocycles. The zero-order valence-corrected chi connectivity index (χ0v) is 27.4. The first kappa shape index (κ1) is 33.9. The van der Waals surface area contributed by atoms with Crippen LogP contribution in [0.3, 0.4) is 0 Å². The third-order valence-electron chi connectivity index (χ3n) is 8.54. The molecule has 1 fully saturated rings. The van der Waals surface area contributed by atoms with Crippen LogP contribution in [0.1, 0.15) is 65.1 Å². The number of halogens is 1. The molecule has 10 heteroatoms. The Bertz CT molecular complexity index is 1540. The van der Waals surface area contributed by atoms with Crippen molar-refractivity contribution in [2.75, 3.05) is 39.3 Å². The molecular formula is C37H44ClN5O4. The van der Waals surface area contributed by atoms with Gasteiger partial charge in [0, 0.05) is 61.3 Å². The van der Waals surface area contributed by atoms with Gasteiger partial charge < -0.3 is 35.6 Å². The lowest BCUT2D eigenvalue weighted by atomic mass is 9.86. The maximum Gasteiger partial charge on any atom is 0.315 e. The van der Waals surface area contributed by atoms with E-state index in [1.807, 2.05) is 60.9 Å². The number of benzene rings is 3. The third-order valence-corrected chi connectivity index (χ3v) is 8.78. The van der Waals surface area contributed by atoms with Gasteiger partial charge in [0.15, 0.2) is 0 Å². The van der Waals surface area contributed by atoms with Gasteiger partial charge >= 0.3 is 6.03 Å². The molecule has 0 aliphatic carbocycles. The van der Waals surface area contributed by atoms with Crippen molar-refractivity contribution in [2.24, 2.45) is 0 Å². The molecule has 0 bridgehead atoms. The Hall–Kier alpha value is -4.47. The minimum Gasteiger partial charge on any atom is -0.508 e. The summed E-state index contributed by atoms with van der Waals surface area (Å²) in [5, 5.41) is 19.2. The molecule has 2 aliphatic heterocycles. The molecule has 0 atom stereocenters. The lowest BCUT2D eigenvalue weighted by molar-refractivity contribution is 0.0950. The topological polar surface area (TPSA) is 106 Å². The summed E-state index contributed by atoms with van der Waals surface area (Å²) in [5.41, 5.74) is 3.61. The molecule has 2 aliphatic rings. The van der Waals surface area contributed by atoms with Gasteiger partial charge in [0.1, 0.15) is 17.8 Å². The maximum atomic E-state index is 13.2. The second-order valence-corrected chi connectivity index (χ2v) is 12.4. The monoisotopic (exact) mass is 657 g/mol. The van der Waals surface area contributed by atoms with E-state index in [1.165, 1.54) is 0 Å². The van der Waals surface area contributed by atoms with Crippen molar-refractivity contribution >= 4 is 29.3 Å². The molecule has 0 aromatic heterocycles. The number of phenolic OH excluding ortho intramolecular Hbond substituents is 1. The number of carbonyl (C=O) groups is 2. The number of rotatable bonds is 14. The fourth-order valence-electron chi connectivity index (χ4n) is 5.92. The summed E-state index contributed by atoms with van der Waals surface area (Å²) in [6, 6.07) is 22.4. The zero-order chi connectivity index (χ0) is 32.8. The lowest BCUT2D eigenvalue weighted by Crippen LogP contribution is -2.38. The SMILES string of the molecule is O=C(NCCCCCNC(=O)c1cc(Cl)ccc1C1CCN(CCN2C=COC(c3cccc(O)c3)=C2)CC1)NCc1ccccc1. The van der Waals surface area contributed by atoms with Gasteiger partial charge in [0.2, 0.25) is 0 Å². The van der Waals surface area contributed by atoms with E-state index in [0.29, 0.717) is 41.9 Å². The predicted molar refractivity (Wildman–Crippen MR) is 186 cm³/mol. The second-order valence-electron chi connectivity index (χ2n) is 11.9. The summed E-state index contributed by atoms with van der Waals surface area (Å²) >= 11 is 6.33. The molecule has 3 aromatic rings. The average Bonchev–Trinajstić information content (AvgIpc) is 3.10. The highest BCUT2D eigenvalue weighted by atomic mass is 35.5. The van der Waals surface area contributed by atoms with Crippen LogP contribution in [0.15, 0.2) is 91.5 Å². The van der Waals surface area contributed by atoms with Crippen molar-refractivity contribution in [1.29, 1.82) is 0 Å². The standard InChI is InChI=1S/C37H44ClN5O4/c38-31-12-13-33(34(25-31)36(45)39-16-5-2-6-17-40-37(46)41-26-28-8-3-1-4-9-28)29-14-18-42(19-15-29)20-21-43-22-23-47-35(27-43)30-10-7-11-32(44)24-30/h1,3-4,7-13,22-25,27,29,44H,2,5-6,14-21,26H2,(H,39,45)(H2,40,41,46). The Balaban J connectivity index is 1.01. The number of unbranched alkanes of at least 4 members (excludes halogenated alkanes) is 2. The van der Waals surface area contributed by atoms with Crippen LogP contribution in [0.5, 0.6) is 5.75 Å². The van der Waals surface area contributed by atoms with Crippen LogP contribution in [0, 0.1) is 0 Å². The first-order valence-electron chi connectivity index (χ1n) is 16.4. The number of likely N-dealkylation sites (tertiary alicyclic amines) is 1. The molecule has 0 unspecified atom stereocenters. The van der Waals surface area contributed by atoms with E-state index in [0.717, 1.165) is 75.0 Å². The summed E-state index contributed by atoms with van der Waals surface area (Å²) in [5.74, 6) is 1.12. The predicted octanol–water partition coefficient (Wildman–Crippen LogP) is 6.43. The van der Waals surface area contributed by atoms with Crippen LogP contribution in [-0.2, 0) is 11.3 Å². The van der Waals surface area contributed by atoms with E-state index in [-0.39, 0.29) is 17.7 Å². The summed E-state index contributed by atoms with van der Waals surface area (Å²) in [6.45, 7) is 5.28. The summed E-state index contributed by atoms with van der Waals surface area (Å²) < 4.78 is 5.67. The number of carbonyl (C=O) groups excluding carboxylic acids is 2. The van der Waals surface area contributed by atoms with Gasteiger partial charge in [-0.25, -0.2) is 4.79 Å². The second kappa shape index (κ2) is 17.4. The summed E-state index contributed by atoms with van der Waals surface area (Å²) in [6.07, 6.45) is 10.1. The highest BCUT2D eigenvalue weighted by Gasteiger charge is 2.25. The van der Waals surface area contributed by atoms with Crippen LogP contribution < -0.4 is 16.0 Å². The Morgan fingerprint density at radius 3 is 2.45 bits per heavy atom. The summed E-state index contributed by atoms with van der Waals surface area (Å²) in [4.78, 5) is 29.8. The number of nitrogens with one attached hydrogen (secondary N) is 3. The van der Waals surface area contributed by atoms with Crippen molar-refractivity contribution in [3.8, 4) is 5.75 Å². The molecular weight excluding hydrogens is 614 g/mol. The Morgan fingerprint density at radius 2 is 1.66 bits per heavy atom. The number of hydrogen-bond acceptors (Lipinski definition) is 6. The molecule has 0 saturated carbocycles. The van der Waals surface area contributed by atoms with E-state index in [9.17, 15) is 14.7 Å². The van der Waals surface area contributed by atoms with Crippen molar-refractivity contribution in [2.45, 2.75) is 44.6 Å². The molecule has 3 aromatic carbocycles. The fraction of sp³-hybridized carbons (Fsp3) is 0.351. The van der Waals surface area contributed by atoms with Crippen LogP contribution >= 0.6 is 11.6 Å². The van der Waals surface area contributed by atoms with Gasteiger partial charge in [0.05, 0.1) is 0 Å². The average molecular weight is 658 g/mol. The molecule has 0 spiro atoms. The van der Waals surface area contributed by atoms with Crippen molar-refractivity contribution in [3.63, 3.8) is 0 Å². The van der Waals surface area contributed by atoms with Gasteiger partial charge in [-0.15, -0.1) is 0 Å². The molecule has 3 amide bonds. The van der Waals surface area contributed by atoms with Crippen molar-refractivity contribution in [3.05, 3.63) is 119 Å². The first-order chi connectivity index (χ1) is 22.9. The van der Waals surface area contributed by atoms with E-state index in [4.69, 9.17) is 16.3 Å². The Morgan fingerprint density at radius 1 is 0.872 bits per heavy atom. The number of phenols is 1. The van der Waals surface area contributed by atoms with Crippen molar-refractivity contribution in [1.82, 2.24) is 25.8 Å². The van der Waals surface area contributed by atoms with E-state index in [1.54, 1.807) is 30.5 Å². The molecule has 47 heavy (non-hydrogen) atoms. The van der Waals surface area contributed by atoms with Crippen LogP contribution in [0.25, 0.3) is 5.76 Å².